The SMILES string of the molecule is Cc1ccc2c(c1)CC1(CCN(C)CC1)O2. The van der Waals surface area contributed by atoms with Crippen LogP contribution in [0, 0.1) is 6.92 Å². The van der Waals surface area contributed by atoms with Crippen molar-refractivity contribution in [3.05, 3.63) is 29.3 Å². The number of piperidine rings is 1. The molecule has 3 rings (SSSR count). The quantitative estimate of drug-likeness (QED) is 0.661. The van der Waals surface area contributed by atoms with Crippen molar-refractivity contribution in [2.75, 3.05) is 20.1 Å². The summed E-state index contributed by atoms with van der Waals surface area (Å²) in [6.07, 6.45) is 3.44. The van der Waals surface area contributed by atoms with Crippen LogP contribution in [0.3, 0.4) is 0 Å². The molecule has 0 aromatic heterocycles. The van der Waals surface area contributed by atoms with Crippen LogP contribution in [0.4, 0.5) is 0 Å². The summed E-state index contributed by atoms with van der Waals surface area (Å²) in [6.45, 7) is 4.47. The number of hydrogen-bond donors (Lipinski definition) is 0. The minimum Gasteiger partial charge on any atom is -0.487 e. The van der Waals surface area contributed by atoms with Crippen molar-refractivity contribution >= 4 is 0 Å². The molecule has 1 fully saturated rings. The second kappa shape index (κ2) is 3.49. The maximum absolute atomic E-state index is 6.21. The van der Waals surface area contributed by atoms with Gasteiger partial charge in [0.1, 0.15) is 11.4 Å². The molecular weight excluding hydrogens is 198 g/mol. The lowest BCUT2D eigenvalue weighted by molar-refractivity contribution is 0.0271. The average molecular weight is 217 g/mol. The summed E-state index contributed by atoms with van der Waals surface area (Å²) in [5.41, 5.74) is 2.86. The number of aryl methyl sites for hydroxylation is 1. The van der Waals surface area contributed by atoms with Gasteiger partial charge in [-0.05, 0) is 25.6 Å². The van der Waals surface area contributed by atoms with Crippen LogP contribution in [0.25, 0.3) is 0 Å². The molecule has 2 aliphatic rings. The van der Waals surface area contributed by atoms with Crippen LogP contribution in [-0.2, 0) is 6.42 Å². The van der Waals surface area contributed by atoms with E-state index in [0.717, 1.165) is 38.1 Å². The Hall–Kier alpha value is -1.02. The van der Waals surface area contributed by atoms with Crippen molar-refractivity contribution < 1.29 is 4.74 Å². The second-order valence-electron chi connectivity index (χ2n) is 5.38. The van der Waals surface area contributed by atoms with E-state index in [4.69, 9.17) is 4.74 Å². The van der Waals surface area contributed by atoms with E-state index in [9.17, 15) is 0 Å². The maximum Gasteiger partial charge on any atom is 0.123 e. The Bertz CT molecular complexity index is 405. The second-order valence-corrected chi connectivity index (χ2v) is 5.38. The molecule has 0 N–H and O–H groups in total. The van der Waals surface area contributed by atoms with Crippen LogP contribution in [0.15, 0.2) is 18.2 Å². The molecule has 0 amide bonds. The van der Waals surface area contributed by atoms with Gasteiger partial charge >= 0.3 is 0 Å². The van der Waals surface area contributed by atoms with Crippen LogP contribution >= 0.6 is 0 Å². The van der Waals surface area contributed by atoms with Gasteiger partial charge in [0.25, 0.3) is 0 Å². The van der Waals surface area contributed by atoms with E-state index in [1.807, 2.05) is 0 Å². The zero-order valence-electron chi connectivity index (χ0n) is 10.1. The first-order valence-electron chi connectivity index (χ1n) is 6.14. The molecule has 0 atom stereocenters. The minimum absolute atomic E-state index is 0.114. The average Bonchev–Trinajstić information content (AvgIpc) is 2.60. The van der Waals surface area contributed by atoms with Crippen LogP contribution in [0.5, 0.6) is 5.75 Å². The van der Waals surface area contributed by atoms with Gasteiger partial charge in [0, 0.05) is 32.4 Å². The normalized spacial score (nSPS) is 23.1. The minimum atomic E-state index is 0.114. The molecule has 86 valence electrons. The number of rotatable bonds is 0. The number of ether oxygens (including phenoxy) is 1. The third-order valence-electron chi connectivity index (χ3n) is 3.95. The highest BCUT2D eigenvalue weighted by Crippen LogP contribution is 2.40. The van der Waals surface area contributed by atoms with Crippen LogP contribution in [-0.4, -0.2) is 30.6 Å². The van der Waals surface area contributed by atoms with E-state index in [0.29, 0.717) is 0 Å². The van der Waals surface area contributed by atoms with Gasteiger partial charge in [0.2, 0.25) is 0 Å². The highest BCUT2D eigenvalue weighted by atomic mass is 16.5. The Balaban J connectivity index is 1.84. The Morgan fingerprint density at radius 1 is 1.25 bits per heavy atom. The standard InChI is InChI=1S/C14H19NO/c1-11-3-4-13-12(9-11)10-14(16-13)5-7-15(2)8-6-14/h3-4,9H,5-8,10H2,1-2H3. The number of hydrogen-bond acceptors (Lipinski definition) is 2. The Kier molecular flexibility index (Phi) is 2.21. The molecular formula is C14H19NO. The van der Waals surface area contributed by atoms with E-state index in [1.165, 1.54) is 11.1 Å². The zero-order valence-corrected chi connectivity index (χ0v) is 10.1. The van der Waals surface area contributed by atoms with Gasteiger partial charge < -0.3 is 9.64 Å². The molecule has 1 saturated heterocycles. The van der Waals surface area contributed by atoms with Gasteiger partial charge in [-0.2, -0.15) is 0 Å². The molecule has 0 bridgehead atoms. The monoisotopic (exact) mass is 217 g/mol. The predicted octanol–water partition coefficient (Wildman–Crippen LogP) is 2.39. The van der Waals surface area contributed by atoms with Crippen molar-refractivity contribution in [2.24, 2.45) is 0 Å². The highest BCUT2D eigenvalue weighted by molar-refractivity contribution is 5.42. The van der Waals surface area contributed by atoms with Gasteiger partial charge in [-0.1, -0.05) is 17.7 Å². The van der Waals surface area contributed by atoms with Crippen LogP contribution < -0.4 is 4.74 Å². The van der Waals surface area contributed by atoms with Crippen molar-refractivity contribution in [3.63, 3.8) is 0 Å². The molecule has 2 heteroatoms. The molecule has 16 heavy (non-hydrogen) atoms. The molecule has 0 saturated carbocycles. The highest BCUT2D eigenvalue weighted by Gasteiger charge is 2.41. The molecule has 0 aliphatic carbocycles. The number of fused-ring (bicyclic) bond motifs is 1. The van der Waals surface area contributed by atoms with Gasteiger partial charge in [-0.3, -0.25) is 0 Å². The van der Waals surface area contributed by atoms with E-state index in [1.54, 1.807) is 0 Å². The fourth-order valence-corrected chi connectivity index (χ4v) is 2.87. The lowest BCUT2D eigenvalue weighted by Gasteiger charge is -2.37. The van der Waals surface area contributed by atoms with Crippen molar-refractivity contribution in [1.29, 1.82) is 0 Å². The zero-order chi connectivity index (χ0) is 11.2. The third-order valence-corrected chi connectivity index (χ3v) is 3.95. The van der Waals surface area contributed by atoms with Crippen molar-refractivity contribution in [2.45, 2.75) is 31.8 Å². The first-order chi connectivity index (χ1) is 7.67. The topological polar surface area (TPSA) is 12.5 Å². The van der Waals surface area contributed by atoms with Crippen molar-refractivity contribution in [1.82, 2.24) is 4.90 Å². The molecule has 1 aromatic carbocycles. The summed E-state index contributed by atoms with van der Waals surface area (Å²) in [7, 11) is 2.19. The van der Waals surface area contributed by atoms with E-state index < -0.39 is 0 Å². The van der Waals surface area contributed by atoms with Gasteiger partial charge in [-0.15, -0.1) is 0 Å². The van der Waals surface area contributed by atoms with Gasteiger partial charge in [0.15, 0.2) is 0 Å². The van der Waals surface area contributed by atoms with Crippen LogP contribution in [0.2, 0.25) is 0 Å². The number of benzene rings is 1. The maximum atomic E-state index is 6.21. The smallest absolute Gasteiger partial charge is 0.123 e. The Morgan fingerprint density at radius 2 is 2.00 bits per heavy atom. The van der Waals surface area contributed by atoms with Gasteiger partial charge in [0.05, 0.1) is 0 Å². The predicted molar refractivity (Wildman–Crippen MR) is 65.0 cm³/mol. The molecule has 2 aliphatic heterocycles. The molecule has 0 unspecified atom stereocenters. The summed E-state index contributed by atoms with van der Waals surface area (Å²) in [6, 6.07) is 6.56. The molecule has 1 spiro atoms. The summed E-state index contributed by atoms with van der Waals surface area (Å²) >= 11 is 0. The van der Waals surface area contributed by atoms with E-state index >= 15 is 0 Å². The van der Waals surface area contributed by atoms with E-state index in [-0.39, 0.29) is 5.60 Å². The first-order valence-corrected chi connectivity index (χ1v) is 6.14. The van der Waals surface area contributed by atoms with E-state index in [2.05, 4.69) is 37.1 Å². The largest absolute Gasteiger partial charge is 0.487 e. The fourth-order valence-electron chi connectivity index (χ4n) is 2.87. The summed E-state index contributed by atoms with van der Waals surface area (Å²) in [5.74, 6) is 1.12. The molecule has 2 nitrogen and oxygen atoms in total. The Morgan fingerprint density at radius 3 is 2.75 bits per heavy atom. The summed E-state index contributed by atoms with van der Waals surface area (Å²) < 4.78 is 6.21. The molecule has 2 heterocycles. The Labute approximate surface area is 97.2 Å². The third kappa shape index (κ3) is 1.61. The first kappa shape index (κ1) is 10.2. The number of likely N-dealkylation sites (tertiary alicyclic amines) is 1. The fraction of sp³-hybridized carbons (Fsp3) is 0.571. The number of nitrogens with zero attached hydrogens (tertiary/aromatic N) is 1. The van der Waals surface area contributed by atoms with Crippen LogP contribution in [0.1, 0.15) is 24.0 Å². The van der Waals surface area contributed by atoms with Crippen molar-refractivity contribution in [3.8, 4) is 5.75 Å². The summed E-state index contributed by atoms with van der Waals surface area (Å²) in [4.78, 5) is 2.39. The lowest BCUT2D eigenvalue weighted by Crippen LogP contribution is -2.45. The molecule has 1 aromatic rings. The molecule has 0 radical (unpaired) electrons. The van der Waals surface area contributed by atoms with Gasteiger partial charge in [-0.25, -0.2) is 0 Å². The lowest BCUT2D eigenvalue weighted by atomic mass is 9.87. The summed E-state index contributed by atoms with van der Waals surface area (Å²) in [5, 5.41) is 0.